The minimum absolute atomic E-state index is 0.0381. The summed E-state index contributed by atoms with van der Waals surface area (Å²) < 4.78 is 34.6. The van der Waals surface area contributed by atoms with Crippen LogP contribution in [0.2, 0.25) is 0 Å². The van der Waals surface area contributed by atoms with E-state index in [1.165, 1.54) is 19.2 Å². The van der Waals surface area contributed by atoms with E-state index in [4.69, 9.17) is 19.3 Å². The normalized spacial score (nSPS) is 13.0. The second-order valence-corrected chi connectivity index (χ2v) is 4.18. The maximum atomic E-state index is 14.4. The fourth-order valence-electron chi connectivity index (χ4n) is 2.02. The van der Waals surface area contributed by atoms with Crippen LogP contribution in [-0.4, -0.2) is 36.6 Å². The van der Waals surface area contributed by atoms with E-state index >= 15 is 0 Å². The zero-order valence-corrected chi connectivity index (χ0v) is 10.9. The number of aromatic nitrogens is 1. The topological polar surface area (TPSA) is 91.0 Å². The van der Waals surface area contributed by atoms with Crippen LogP contribution in [0, 0.1) is 5.82 Å². The maximum Gasteiger partial charge on any atom is 0.374 e. The van der Waals surface area contributed by atoms with Crippen molar-refractivity contribution in [2.24, 2.45) is 0 Å². The molecule has 0 bridgehead atoms. The number of carboxylic acid groups (broad SMARTS) is 1. The number of hydrogen-bond acceptors (Lipinski definition) is 6. The van der Waals surface area contributed by atoms with Crippen LogP contribution in [0.4, 0.5) is 4.39 Å². The van der Waals surface area contributed by atoms with E-state index in [2.05, 4.69) is 9.68 Å². The monoisotopic (exact) mass is 295 g/mol. The number of rotatable bonds is 3. The summed E-state index contributed by atoms with van der Waals surface area (Å²) in [4.78, 5) is 10.8. The fourth-order valence-corrected chi connectivity index (χ4v) is 2.02. The molecular formula is C13H10FNO6. The first-order valence-electron chi connectivity index (χ1n) is 5.98. The van der Waals surface area contributed by atoms with Gasteiger partial charge in [0.25, 0.3) is 0 Å². The number of fused-ring (bicyclic) bond motifs is 1. The number of halogens is 1. The lowest BCUT2D eigenvalue weighted by Gasteiger charge is -2.21. The Morgan fingerprint density at radius 1 is 1.38 bits per heavy atom. The van der Waals surface area contributed by atoms with Gasteiger partial charge in [0.15, 0.2) is 11.5 Å². The van der Waals surface area contributed by atoms with Gasteiger partial charge in [-0.3, -0.25) is 0 Å². The van der Waals surface area contributed by atoms with Gasteiger partial charge in [-0.2, -0.15) is 4.39 Å². The summed E-state index contributed by atoms with van der Waals surface area (Å²) >= 11 is 0. The Labute approximate surface area is 117 Å². The predicted octanol–water partition coefficient (Wildman–Crippen LogP) is 1.96. The molecule has 0 saturated carbocycles. The van der Waals surface area contributed by atoms with Crippen molar-refractivity contribution in [2.75, 3.05) is 20.3 Å². The van der Waals surface area contributed by atoms with Crippen molar-refractivity contribution in [3.63, 3.8) is 0 Å². The summed E-state index contributed by atoms with van der Waals surface area (Å²) in [7, 11) is 1.29. The third kappa shape index (κ3) is 2.14. The summed E-state index contributed by atoms with van der Waals surface area (Å²) in [5.41, 5.74) is 0.343. The molecule has 8 heteroatoms. The molecule has 3 rings (SSSR count). The summed E-state index contributed by atoms with van der Waals surface area (Å²) in [5.74, 6) is -2.32. The number of nitrogens with zero attached hydrogens (tertiary/aromatic N) is 1. The molecule has 1 N–H and O–H groups in total. The molecule has 1 aliphatic heterocycles. The molecule has 0 atom stereocenters. The standard InChI is InChI=1S/C13H10FNO6/c1-18-11-6(7-5-9(13(16)17)21-15-7)4-8-12(10(11)14)20-3-2-19-8/h4-5H,2-3H2,1H3,(H,16,17). The first-order valence-corrected chi connectivity index (χ1v) is 5.98. The van der Waals surface area contributed by atoms with Crippen molar-refractivity contribution in [3.05, 3.63) is 23.7 Å². The highest BCUT2D eigenvalue weighted by molar-refractivity contribution is 5.86. The van der Waals surface area contributed by atoms with Crippen LogP contribution < -0.4 is 14.2 Å². The van der Waals surface area contributed by atoms with E-state index in [1.807, 2.05) is 0 Å². The van der Waals surface area contributed by atoms with E-state index < -0.39 is 11.8 Å². The smallest absolute Gasteiger partial charge is 0.374 e. The molecule has 0 aliphatic carbocycles. The van der Waals surface area contributed by atoms with Crippen LogP contribution in [-0.2, 0) is 0 Å². The molecule has 21 heavy (non-hydrogen) atoms. The molecule has 0 unspecified atom stereocenters. The summed E-state index contributed by atoms with van der Waals surface area (Å²) in [5, 5.41) is 12.4. The fraction of sp³-hybridized carbons (Fsp3) is 0.231. The number of methoxy groups -OCH3 is 1. The molecule has 1 aromatic heterocycles. The minimum atomic E-state index is -1.27. The number of aromatic carboxylic acids is 1. The first-order chi connectivity index (χ1) is 10.1. The Morgan fingerprint density at radius 2 is 2.14 bits per heavy atom. The van der Waals surface area contributed by atoms with Gasteiger partial charge in [-0.05, 0) is 6.07 Å². The van der Waals surface area contributed by atoms with Gasteiger partial charge in [0.1, 0.15) is 18.9 Å². The third-order valence-corrected chi connectivity index (χ3v) is 2.93. The van der Waals surface area contributed by atoms with Crippen LogP contribution in [0.25, 0.3) is 11.3 Å². The van der Waals surface area contributed by atoms with E-state index in [0.717, 1.165) is 0 Å². The van der Waals surface area contributed by atoms with Crippen LogP contribution in [0.3, 0.4) is 0 Å². The Morgan fingerprint density at radius 3 is 2.81 bits per heavy atom. The lowest BCUT2D eigenvalue weighted by molar-refractivity contribution is 0.0652. The average molecular weight is 295 g/mol. The quantitative estimate of drug-likeness (QED) is 0.925. The Kier molecular flexibility index (Phi) is 3.13. The number of hydrogen-bond donors (Lipinski definition) is 1. The lowest BCUT2D eigenvalue weighted by atomic mass is 10.1. The maximum absolute atomic E-state index is 14.4. The Bertz CT molecular complexity index is 711. The molecule has 2 heterocycles. The first kappa shape index (κ1) is 13.2. The van der Waals surface area contributed by atoms with Crippen LogP contribution in [0.5, 0.6) is 17.2 Å². The molecule has 0 radical (unpaired) electrons. The van der Waals surface area contributed by atoms with Crippen molar-refractivity contribution in [2.45, 2.75) is 0 Å². The molecule has 7 nitrogen and oxygen atoms in total. The van der Waals surface area contributed by atoms with Gasteiger partial charge in [0.05, 0.1) is 12.7 Å². The van der Waals surface area contributed by atoms with E-state index in [1.54, 1.807) is 0 Å². The number of ether oxygens (including phenoxy) is 3. The van der Waals surface area contributed by atoms with E-state index in [-0.39, 0.29) is 47.5 Å². The molecular weight excluding hydrogens is 285 g/mol. The summed E-state index contributed by atoms with van der Waals surface area (Å²) in [6.07, 6.45) is 0. The van der Waals surface area contributed by atoms with Gasteiger partial charge in [-0.1, -0.05) is 5.16 Å². The minimum Gasteiger partial charge on any atom is -0.493 e. The van der Waals surface area contributed by atoms with Gasteiger partial charge in [0.2, 0.25) is 17.3 Å². The largest absolute Gasteiger partial charge is 0.493 e. The molecule has 2 aromatic rings. The second-order valence-electron chi connectivity index (χ2n) is 4.18. The molecule has 110 valence electrons. The van der Waals surface area contributed by atoms with Crippen molar-refractivity contribution < 1.29 is 33.0 Å². The Balaban J connectivity index is 2.16. The van der Waals surface area contributed by atoms with Crippen molar-refractivity contribution >= 4 is 5.97 Å². The molecule has 0 saturated heterocycles. The van der Waals surface area contributed by atoms with Gasteiger partial charge in [-0.15, -0.1) is 0 Å². The number of benzene rings is 1. The highest BCUT2D eigenvalue weighted by atomic mass is 19.1. The summed E-state index contributed by atoms with van der Waals surface area (Å²) in [6, 6.07) is 2.65. The zero-order valence-electron chi connectivity index (χ0n) is 10.9. The van der Waals surface area contributed by atoms with Crippen molar-refractivity contribution in [3.8, 4) is 28.5 Å². The molecule has 1 aliphatic rings. The van der Waals surface area contributed by atoms with Crippen LogP contribution in [0.1, 0.15) is 10.6 Å². The highest BCUT2D eigenvalue weighted by Gasteiger charge is 2.26. The van der Waals surface area contributed by atoms with Crippen LogP contribution in [0.15, 0.2) is 16.7 Å². The van der Waals surface area contributed by atoms with Gasteiger partial charge in [0, 0.05) is 6.07 Å². The number of carbonyl (C=O) groups is 1. The zero-order chi connectivity index (χ0) is 15.0. The average Bonchev–Trinajstić information content (AvgIpc) is 2.97. The third-order valence-electron chi connectivity index (χ3n) is 2.93. The van der Waals surface area contributed by atoms with Gasteiger partial charge >= 0.3 is 5.97 Å². The highest BCUT2D eigenvalue weighted by Crippen LogP contribution is 2.44. The van der Waals surface area contributed by atoms with Gasteiger partial charge in [-0.25, -0.2) is 4.79 Å². The van der Waals surface area contributed by atoms with E-state index in [0.29, 0.717) is 0 Å². The Hall–Kier alpha value is -2.77. The lowest BCUT2D eigenvalue weighted by Crippen LogP contribution is -2.17. The number of carboxylic acids is 1. The van der Waals surface area contributed by atoms with Gasteiger partial charge < -0.3 is 23.8 Å². The predicted molar refractivity (Wildman–Crippen MR) is 66.4 cm³/mol. The van der Waals surface area contributed by atoms with Crippen molar-refractivity contribution in [1.82, 2.24) is 5.16 Å². The summed E-state index contributed by atoms with van der Waals surface area (Å²) in [6.45, 7) is 0.525. The van der Waals surface area contributed by atoms with E-state index in [9.17, 15) is 9.18 Å². The molecule has 0 amide bonds. The molecule has 0 spiro atoms. The van der Waals surface area contributed by atoms with Crippen molar-refractivity contribution in [1.29, 1.82) is 0 Å². The SMILES string of the molecule is COc1c(-c2cc(C(=O)O)on2)cc2c(c1F)OCCO2. The molecule has 0 fully saturated rings. The molecule has 1 aromatic carbocycles. The van der Waals surface area contributed by atoms with Crippen LogP contribution >= 0.6 is 0 Å². The second kappa shape index (κ2) is 4.97.